The fourth-order valence-electron chi connectivity index (χ4n) is 5.58. The summed E-state index contributed by atoms with van der Waals surface area (Å²) in [4.78, 5) is 30.3. The summed E-state index contributed by atoms with van der Waals surface area (Å²) in [5.41, 5.74) is -0.394. The van der Waals surface area contributed by atoms with E-state index in [9.17, 15) is 36.3 Å². The van der Waals surface area contributed by atoms with Gasteiger partial charge in [0.1, 0.15) is 5.75 Å². The molecule has 4 atom stereocenters. The van der Waals surface area contributed by atoms with E-state index < -0.39 is 45.8 Å². The SMILES string of the molecule is C[C@H]1CCCCO[C@@H](CN(C)C(=O)Nc2ccc(C(F)(F)F)cc2)[C@@H](C)CN([C@@H](C)CO)C(=O)c2cc(NS(=O)(=O)c3ccccc3)ccc2O1. The fourth-order valence-corrected chi connectivity index (χ4v) is 6.65. The number of urea groups is 1. The smallest absolute Gasteiger partial charge is 0.416 e. The fraction of sp³-hybridized carbons (Fsp3) is 0.444. The molecule has 278 valence electrons. The molecule has 0 bridgehead atoms. The Hall–Kier alpha value is -4.34. The lowest BCUT2D eigenvalue weighted by Gasteiger charge is -2.35. The molecule has 0 saturated carbocycles. The number of aliphatic hydroxyl groups excluding tert-OH is 1. The first-order valence-corrected chi connectivity index (χ1v) is 18.2. The Labute approximate surface area is 296 Å². The van der Waals surface area contributed by atoms with E-state index in [4.69, 9.17) is 9.47 Å². The molecule has 3 N–H and O–H groups in total. The molecule has 0 aliphatic carbocycles. The number of nitrogens with zero attached hydrogens (tertiary/aromatic N) is 2. The predicted molar refractivity (Wildman–Crippen MR) is 187 cm³/mol. The van der Waals surface area contributed by atoms with Crippen LogP contribution in [-0.4, -0.2) is 86.9 Å². The largest absolute Gasteiger partial charge is 0.490 e. The van der Waals surface area contributed by atoms with Gasteiger partial charge in [0.15, 0.2) is 0 Å². The number of aliphatic hydroxyl groups is 1. The molecule has 51 heavy (non-hydrogen) atoms. The van der Waals surface area contributed by atoms with E-state index in [1.807, 2.05) is 13.8 Å². The van der Waals surface area contributed by atoms with Crippen LogP contribution in [0.1, 0.15) is 56.0 Å². The molecule has 15 heteroatoms. The molecule has 0 saturated heterocycles. The Kier molecular flexibility index (Phi) is 13.3. The van der Waals surface area contributed by atoms with Crippen LogP contribution in [0.2, 0.25) is 0 Å². The highest BCUT2D eigenvalue weighted by Gasteiger charge is 2.32. The van der Waals surface area contributed by atoms with Gasteiger partial charge in [0, 0.05) is 44.0 Å². The number of alkyl halides is 3. The summed E-state index contributed by atoms with van der Waals surface area (Å²) in [5, 5.41) is 12.8. The van der Waals surface area contributed by atoms with Crippen molar-refractivity contribution < 1.29 is 45.8 Å². The molecule has 1 heterocycles. The molecule has 4 rings (SSSR count). The zero-order chi connectivity index (χ0) is 37.3. The molecule has 0 fully saturated rings. The van der Waals surface area contributed by atoms with Crippen LogP contribution in [0, 0.1) is 5.92 Å². The monoisotopic (exact) mass is 734 g/mol. The summed E-state index contributed by atoms with van der Waals surface area (Å²) in [6.45, 7) is 5.58. The first-order valence-electron chi connectivity index (χ1n) is 16.7. The highest BCUT2D eigenvalue weighted by Crippen LogP contribution is 2.31. The number of nitrogens with one attached hydrogen (secondary N) is 2. The average molecular weight is 735 g/mol. The van der Waals surface area contributed by atoms with Gasteiger partial charge in [-0.1, -0.05) is 25.1 Å². The molecule has 0 spiro atoms. The van der Waals surface area contributed by atoms with Gasteiger partial charge < -0.3 is 29.7 Å². The van der Waals surface area contributed by atoms with Gasteiger partial charge in [0.05, 0.1) is 40.9 Å². The highest BCUT2D eigenvalue weighted by atomic mass is 32.2. The minimum absolute atomic E-state index is 0.0506. The van der Waals surface area contributed by atoms with E-state index in [2.05, 4.69) is 10.0 Å². The molecule has 3 aromatic carbocycles. The maximum atomic E-state index is 14.3. The first kappa shape index (κ1) is 39.4. The molecular weight excluding hydrogens is 689 g/mol. The van der Waals surface area contributed by atoms with Crippen LogP contribution in [0.25, 0.3) is 0 Å². The summed E-state index contributed by atoms with van der Waals surface area (Å²) in [5.74, 6) is -0.617. The molecular formula is C36H45F3N4O7S. The van der Waals surface area contributed by atoms with E-state index in [1.165, 1.54) is 53.2 Å². The van der Waals surface area contributed by atoms with Gasteiger partial charge in [-0.3, -0.25) is 9.52 Å². The summed E-state index contributed by atoms with van der Waals surface area (Å²) < 4.78 is 80.2. The Morgan fingerprint density at radius 1 is 1.04 bits per heavy atom. The summed E-state index contributed by atoms with van der Waals surface area (Å²) in [6, 6.07) is 15.2. The molecule has 11 nitrogen and oxygen atoms in total. The van der Waals surface area contributed by atoms with Crippen LogP contribution in [0.15, 0.2) is 77.7 Å². The normalized spacial score (nSPS) is 20.0. The number of amides is 3. The van der Waals surface area contributed by atoms with E-state index in [-0.39, 0.29) is 59.3 Å². The Balaban J connectivity index is 1.59. The Morgan fingerprint density at radius 2 is 1.71 bits per heavy atom. The van der Waals surface area contributed by atoms with Gasteiger partial charge in [0.25, 0.3) is 15.9 Å². The summed E-state index contributed by atoms with van der Waals surface area (Å²) in [7, 11) is -2.43. The van der Waals surface area contributed by atoms with Gasteiger partial charge in [-0.15, -0.1) is 0 Å². The molecule has 0 unspecified atom stereocenters. The van der Waals surface area contributed by atoms with Gasteiger partial charge in [-0.25, -0.2) is 13.2 Å². The Bertz CT molecular complexity index is 1730. The molecule has 3 amide bonds. The van der Waals surface area contributed by atoms with E-state index in [1.54, 1.807) is 31.2 Å². The van der Waals surface area contributed by atoms with Crippen LogP contribution in [0.5, 0.6) is 5.75 Å². The van der Waals surface area contributed by atoms with Crippen LogP contribution in [0.3, 0.4) is 0 Å². The lowest BCUT2D eigenvalue weighted by molar-refractivity contribution is -0.137. The van der Waals surface area contributed by atoms with Gasteiger partial charge in [0.2, 0.25) is 0 Å². The molecule has 1 aliphatic heterocycles. The number of carbonyl (C=O) groups excluding carboxylic acids is 2. The molecule has 0 radical (unpaired) electrons. The number of halogens is 3. The number of anilines is 2. The minimum Gasteiger partial charge on any atom is -0.490 e. The number of rotatable bonds is 8. The van der Waals surface area contributed by atoms with Gasteiger partial charge >= 0.3 is 12.2 Å². The van der Waals surface area contributed by atoms with Crippen molar-refractivity contribution in [2.75, 3.05) is 43.4 Å². The van der Waals surface area contributed by atoms with Crippen molar-refractivity contribution in [3.8, 4) is 5.75 Å². The van der Waals surface area contributed by atoms with Crippen molar-refractivity contribution >= 4 is 33.3 Å². The second kappa shape index (κ2) is 17.2. The predicted octanol–water partition coefficient (Wildman–Crippen LogP) is 6.47. The number of fused-ring (bicyclic) bond motifs is 1. The van der Waals surface area contributed by atoms with Crippen molar-refractivity contribution in [1.82, 2.24) is 9.80 Å². The van der Waals surface area contributed by atoms with Crippen molar-refractivity contribution in [3.05, 3.63) is 83.9 Å². The lowest BCUT2D eigenvalue weighted by atomic mass is 10.0. The number of benzene rings is 3. The third kappa shape index (κ3) is 10.8. The van der Waals surface area contributed by atoms with Crippen LogP contribution < -0.4 is 14.8 Å². The maximum Gasteiger partial charge on any atom is 0.416 e. The number of ether oxygens (including phenoxy) is 2. The number of likely N-dealkylation sites (N-methyl/N-ethyl adjacent to an activating group) is 1. The van der Waals surface area contributed by atoms with Gasteiger partial charge in [-0.05, 0) is 87.7 Å². The average Bonchev–Trinajstić information content (AvgIpc) is 3.09. The molecule has 1 aliphatic rings. The van der Waals surface area contributed by atoms with E-state index >= 15 is 0 Å². The number of hydrogen-bond donors (Lipinski definition) is 3. The quantitative estimate of drug-likeness (QED) is 0.242. The first-order chi connectivity index (χ1) is 24.1. The zero-order valence-corrected chi connectivity index (χ0v) is 29.8. The van der Waals surface area contributed by atoms with Crippen molar-refractivity contribution in [2.24, 2.45) is 5.92 Å². The van der Waals surface area contributed by atoms with Crippen molar-refractivity contribution in [1.29, 1.82) is 0 Å². The second-order valence-electron chi connectivity index (χ2n) is 12.8. The number of carbonyl (C=O) groups is 2. The topological polar surface area (TPSA) is 138 Å². The third-order valence-electron chi connectivity index (χ3n) is 8.62. The summed E-state index contributed by atoms with van der Waals surface area (Å²) >= 11 is 0. The standard InChI is InChI=1S/C36H45F3N4O7S/c1-24-21-43(25(2)23-44)34(45)31-20-29(41-51(47,48)30-11-6-5-7-12-30)17-18-32(31)50-26(3)10-8-9-19-49-33(24)22-42(4)35(46)40-28-15-13-27(14-16-28)36(37,38)39/h5-7,11-18,20,24-26,33,41,44H,8-10,19,21-23H2,1-4H3,(H,40,46)/t24-,25-,26-,33-/m0/s1. The maximum absolute atomic E-state index is 14.3. The Morgan fingerprint density at radius 3 is 2.35 bits per heavy atom. The van der Waals surface area contributed by atoms with E-state index in [0.29, 0.717) is 19.4 Å². The van der Waals surface area contributed by atoms with Crippen molar-refractivity contribution in [2.45, 2.75) is 69.4 Å². The lowest BCUT2D eigenvalue weighted by Crippen LogP contribution is -2.48. The minimum atomic E-state index is -4.50. The zero-order valence-electron chi connectivity index (χ0n) is 29.0. The van der Waals surface area contributed by atoms with Crippen LogP contribution >= 0.6 is 0 Å². The van der Waals surface area contributed by atoms with Crippen molar-refractivity contribution in [3.63, 3.8) is 0 Å². The highest BCUT2D eigenvalue weighted by molar-refractivity contribution is 7.92. The molecule has 0 aromatic heterocycles. The number of hydrogen-bond acceptors (Lipinski definition) is 7. The van der Waals surface area contributed by atoms with Gasteiger partial charge in [-0.2, -0.15) is 13.2 Å². The third-order valence-corrected chi connectivity index (χ3v) is 10.0. The molecule has 3 aromatic rings. The second-order valence-corrected chi connectivity index (χ2v) is 14.5. The number of sulfonamides is 1. The summed E-state index contributed by atoms with van der Waals surface area (Å²) in [6.07, 6.45) is -3.33. The van der Waals surface area contributed by atoms with E-state index in [0.717, 1.165) is 18.6 Å². The van der Waals surface area contributed by atoms with Crippen LogP contribution in [0.4, 0.5) is 29.3 Å². The van der Waals surface area contributed by atoms with Crippen LogP contribution in [-0.2, 0) is 20.9 Å².